The Kier molecular flexibility index (Phi) is 11.8. The number of benzene rings is 3. The number of hydrogen-bond donors (Lipinski definition) is 3. The molecule has 0 bridgehead atoms. The van der Waals surface area contributed by atoms with E-state index in [4.69, 9.17) is 28.5 Å². The van der Waals surface area contributed by atoms with Crippen molar-refractivity contribution in [3.63, 3.8) is 0 Å². The lowest BCUT2D eigenvalue weighted by atomic mass is 10.0. The van der Waals surface area contributed by atoms with Crippen molar-refractivity contribution < 1.29 is 42.9 Å². The standard InChI is InChI=1S/C35H39N3O9/c1-21(2)46-35(42)36-20-26-18-28(12-8-23(26)9-13-32(39)40)45-15-14-31-22(3)47-34(38-31)24-6-10-27(11-7-24)37-33(41)25-16-29(43-4)19-30(17-25)44-5/h6-8,10-12,16-19,21H,9,13-15,20H2,1-5H3,(H,36,42)(H,37,41)(H,39,40). The van der Waals surface area contributed by atoms with E-state index in [-0.39, 0.29) is 25.0 Å². The fourth-order valence-corrected chi connectivity index (χ4v) is 4.65. The maximum absolute atomic E-state index is 12.8. The summed E-state index contributed by atoms with van der Waals surface area (Å²) in [6.45, 7) is 5.82. The molecule has 4 rings (SSSR count). The van der Waals surface area contributed by atoms with Crippen molar-refractivity contribution in [2.75, 3.05) is 26.1 Å². The van der Waals surface area contributed by atoms with E-state index >= 15 is 0 Å². The zero-order chi connectivity index (χ0) is 33.9. The first-order valence-corrected chi connectivity index (χ1v) is 15.1. The van der Waals surface area contributed by atoms with Gasteiger partial charge in [-0.15, -0.1) is 0 Å². The van der Waals surface area contributed by atoms with Crippen LogP contribution in [0.2, 0.25) is 0 Å². The molecule has 3 N–H and O–H groups in total. The third-order valence-electron chi connectivity index (χ3n) is 7.06. The van der Waals surface area contributed by atoms with Crippen LogP contribution < -0.4 is 24.8 Å². The van der Waals surface area contributed by atoms with Gasteiger partial charge in [-0.1, -0.05) is 6.07 Å². The van der Waals surface area contributed by atoms with E-state index < -0.39 is 12.1 Å². The fraction of sp³-hybridized carbons (Fsp3) is 0.314. The van der Waals surface area contributed by atoms with Gasteiger partial charge in [0.25, 0.3) is 5.91 Å². The Bertz CT molecular complexity index is 1670. The Morgan fingerprint density at radius 3 is 2.23 bits per heavy atom. The molecule has 0 saturated carbocycles. The predicted molar refractivity (Wildman–Crippen MR) is 174 cm³/mol. The molecule has 12 heteroatoms. The average molecular weight is 646 g/mol. The molecule has 2 amide bonds. The van der Waals surface area contributed by atoms with E-state index in [0.717, 1.165) is 22.4 Å². The number of hydrogen-bond acceptors (Lipinski definition) is 9. The van der Waals surface area contributed by atoms with Gasteiger partial charge in [0, 0.05) is 42.3 Å². The molecule has 248 valence electrons. The normalized spacial score (nSPS) is 10.8. The number of aromatic nitrogens is 1. The third-order valence-corrected chi connectivity index (χ3v) is 7.06. The number of nitrogens with one attached hydrogen (secondary N) is 2. The summed E-state index contributed by atoms with van der Waals surface area (Å²) in [4.78, 5) is 40.6. The second-order valence-corrected chi connectivity index (χ2v) is 10.9. The van der Waals surface area contributed by atoms with Gasteiger partial charge in [-0.25, -0.2) is 9.78 Å². The van der Waals surface area contributed by atoms with Crippen molar-refractivity contribution >= 4 is 23.7 Å². The van der Waals surface area contributed by atoms with Crippen LogP contribution in [0.3, 0.4) is 0 Å². The van der Waals surface area contributed by atoms with Gasteiger partial charge in [0.2, 0.25) is 5.89 Å². The topological polar surface area (TPSA) is 158 Å². The summed E-state index contributed by atoms with van der Waals surface area (Å²) in [6, 6.07) is 17.5. The molecule has 0 aliphatic heterocycles. The second-order valence-electron chi connectivity index (χ2n) is 10.9. The highest BCUT2D eigenvalue weighted by molar-refractivity contribution is 6.04. The maximum atomic E-state index is 12.8. The molecule has 0 atom stereocenters. The molecule has 3 aromatic carbocycles. The van der Waals surface area contributed by atoms with Crippen LogP contribution in [0.25, 0.3) is 11.5 Å². The number of rotatable bonds is 15. The van der Waals surface area contributed by atoms with Crippen LogP contribution in [0.15, 0.2) is 65.1 Å². The minimum absolute atomic E-state index is 0.0340. The zero-order valence-corrected chi connectivity index (χ0v) is 27.0. The van der Waals surface area contributed by atoms with Gasteiger partial charge in [0.05, 0.1) is 32.6 Å². The number of alkyl carbamates (subject to hydrolysis) is 1. The van der Waals surface area contributed by atoms with E-state index in [1.807, 2.05) is 25.1 Å². The van der Waals surface area contributed by atoms with Crippen molar-refractivity contribution in [3.8, 4) is 28.7 Å². The summed E-state index contributed by atoms with van der Waals surface area (Å²) in [5.74, 6) is 1.49. The van der Waals surface area contributed by atoms with Crippen molar-refractivity contribution in [1.29, 1.82) is 0 Å². The Morgan fingerprint density at radius 1 is 0.894 bits per heavy atom. The maximum Gasteiger partial charge on any atom is 0.407 e. The summed E-state index contributed by atoms with van der Waals surface area (Å²) >= 11 is 0. The molecule has 0 fully saturated rings. The molecule has 1 aromatic heterocycles. The number of ether oxygens (including phenoxy) is 4. The number of oxazole rings is 1. The number of aryl methyl sites for hydroxylation is 2. The molecule has 0 aliphatic rings. The van der Waals surface area contributed by atoms with E-state index in [1.165, 1.54) is 14.2 Å². The number of nitrogens with zero attached hydrogens (tertiary/aromatic N) is 1. The van der Waals surface area contributed by atoms with Crippen molar-refractivity contribution in [3.05, 3.63) is 88.8 Å². The number of anilines is 1. The first-order chi connectivity index (χ1) is 22.5. The zero-order valence-electron chi connectivity index (χ0n) is 27.0. The van der Waals surface area contributed by atoms with Crippen LogP contribution in [-0.4, -0.2) is 55.0 Å². The summed E-state index contributed by atoms with van der Waals surface area (Å²) < 4.78 is 27.6. The smallest absolute Gasteiger partial charge is 0.407 e. The number of carboxylic acid groups (broad SMARTS) is 1. The van der Waals surface area contributed by atoms with E-state index in [9.17, 15) is 14.4 Å². The van der Waals surface area contributed by atoms with Gasteiger partial charge in [0.1, 0.15) is 23.0 Å². The monoisotopic (exact) mass is 645 g/mol. The lowest BCUT2D eigenvalue weighted by molar-refractivity contribution is -0.136. The quantitative estimate of drug-likeness (QED) is 0.136. The minimum Gasteiger partial charge on any atom is -0.497 e. The lowest BCUT2D eigenvalue weighted by Gasteiger charge is -2.14. The first-order valence-electron chi connectivity index (χ1n) is 15.1. The highest BCUT2D eigenvalue weighted by atomic mass is 16.6. The largest absolute Gasteiger partial charge is 0.497 e. The van der Waals surface area contributed by atoms with Crippen molar-refractivity contribution in [2.24, 2.45) is 0 Å². The van der Waals surface area contributed by atoms with Crippen LogP contribution in [-0.2, 0) is 28.9 Å². The van der Waals surface area contributed by atoms with E-state index in [2.05, 4.69) is 15.6 Å². The molecule has 1 heterocycles. The van der Waals surface area contributed by atoms with Crippen LogP contribution in [0.5, 0.6) is 17.2 Å². The van der Waals surface area contributed by atoms with E-state index in [1.54, 1.807) is 56.3 Å². The van der Waals surface area contributed by atoms with Gasteiger partial charge < -0.3 is 39.1 Å². The highest BCUT2D eigenvalue weighted by Gasteiger charge is 2.15. The molecule has 0 spiro atoms. The summed E-state index contributed by atoms with van der Waals surface area (Å²) in [7, 11) is 3.05. The van der Waals surface area contributed by atoms with Gasteiger partial charge in [-0.05, 0) is 86.8 Å². The molecular formula is C35H39N3O9. The molecule has 0 unspecified atom stereocenters. The van der Waals surface area contributed by atoms with Crippen LogP contribution in [0, 0.1) is 6.92 Å². The molecule has 12 nitrogen and oxygen atoms in total. The number of amides is 2. The average Bonchev–Trinajstić information content (AvgIpc) is 3.42. The third kappa shape index (κ3) is 9.98. The second kappa shape index (κ2) is 16.2. The Labute approximate surface area is 273 Å². The Hall–Kier alpha value is -5.52. The van der Waals surface area contributed by atoms with Crippen LogP contribution in [0.4, 0.5) is 10.5 Å². The van der Waals surface area contributed by atoms with E-state index in [0.29, 0.717) is 59.6 Å². The number of carbonyl (C=O) groups excluding carboxylic acids is 2. The molecule has 4 aromatic rings. The van der Waals surface area contributed by atoms with Crippen molar-refractivity contribution in [2.45, 2.75) is 52.7 Å². The van der Waals surface area contributed by atoms with Gasteiger partial charge in [-0.3, -0.25) is 9.59 Å². The fourth-order valence-electron chi connectivity index (χ4n) is 4.65. The Balaban J connectivity index is 1.36. The number of carboxylic acids is 1. The SMILES string of the molecule is COc1cc(OC)cc(C(=O)Nc2ccc(-c3nc(CCOc4ccc(CCC(=O)O)c(CNC(=O)OC(C)C)c4)c(C)o3)cc2)c1. The summed E-state index contributed by atoms with van der Waals surface area (Å²) in [6.07, 6.45) is -0.0607. The summed E-state index contributed by atoms with van der Waals surface area (Å²) in [5.41, 5.74) is 4.01. The first kappa shape index (κ1) is 34.4. The number of aliphatic carboxylic acids is 1. The summed E-state index contributed by atoms with van der Waals surface area (Å²) in [5, 5.41) is 14.7. The molecule has 0 aliphatic carbocycles. The lowest BCUT2D eigenvalue weighted by Crippen LogP contribution is -2.26. The van der Waals surface area contributed by atoms with Crippen LogP contribution >= 0.6 is 0 Å². The molecule has 0 saturated heterocycles. The van der Waals surface area contributed by atoms with Crippen molar-refractivity contribution in [1.82, 2.24) is 10.3 Å². The van der Waals surface area contributed by atoms with Gasteiger partial charge in [-0.2, -0.15) is 0 Å². The number of methoxy groups -OCH3 is 2. The van der Waals surface area contributed by atoms with Crippen LogP contribution in [0.1, 0.15) is 53.2 Å². The highest BCUT2D eigenvalue weighted by Crippen LogP contribution is 2.26. The van der Waals surface area contributed by atoms with Gasteiger partial charge in [0.15, 0.2) is 0 Å². The Morgan fingerprint density at radius 2 is 1.60 bits per heavy atom. The predicted octanol–water partition coefficient (Wildman–Crippen LogP) is 6.19. The van der Waals surface area contributed by atoms with Gasteiger partial charge >= 0.3 is 12.1 Å². The molecule has 47 heavy (non-hydrogen) atoms. The minimum atomic E-state index is -0.903. The number of carbonyl (C=O) groups is 3. The molecule has 0 radical (unpaired) electrons. The molecular weight excluding hydrogens is 606 g/mol.